The van der Waals surface area contributed by atoms with Crippen molar-refractivity contribution in [3.8, 4) is 0 Å². The van der Waals surface area contributed by atoms with Crippen molar-refractivity contribution in [2.45, 2.75) is 65.0 Å². The van der Waals surface area contributed by atoms with Crippen molar-refractivity contribution in [1.29, 1.82) is 0 Å². The predicted molar refractivity (Wildman–Crippen MR) is 138 cm³/mol. The third-order valence-corrected chi connectivity index (χ3v) is 6.61. The Morgan fingerprint density at radius 1 is 1.27 bits per heavy atom. The van der Waals surface area contributed by atoms with Gasteiger partial charge in [0.1, 0.15) is 13.3 Å². The first-order valence-electron chi connectivity index (χ1n) is 12.3. The lowest BCUT2D eigenvalue weighted by molar-refractivity contribution is -0.154. The highest BCUT2D eigenvalue weighted by molar-refractivity contribution is 6.30. The minimum absolute atomic E-state index is 0.0294. The number of nitrogens with zero attached hydrogens (tertiary/aromatic N) is 2. The number of guanidine groups is 1. The Labute approximate surface area is 221 Å². The lowest BCUT2D eigenvalue weighted by Gasteiger charge is -2.32. The van der Waals surface area contributed by atoms with Crippen LogP contribution in [0, 0.1) is 11.3 Å². The highest BCUT2D eigenvalue weighted by Crippen LogP contribution is 2.31. The molecule has 1 aliphatic rings. The molecule has 0 aromatic heterocycles. The first-order chi connectivity index (χ1) is 17.4. The van der Waals surface area contributed by atoms with Crippen LogP contribution in [-0.2, 0) is 30.5 Å². The number of Topliss-reactive ketones (excluding diaryl/α,β-unsaturated/α-hetero) is 2. The predicted octanol–water partition coefficient (Wildman–Crippen LogP) is 2.96. The number of nitrogens with two attached hydrogens (primary N) is 2. The summed E-state index contributed by atoms with van der Waals surface area (Å²) in [7, 11) is 0. The smallest absolute Gasteiger partial charge is 0.307 e. The zero-order chi connectivity index (χ0) is 27.6. The van der Waals surface area contributed by atoms with E-state index in [2.05, 4.69) is 4.99 Å². The molecule has 4 N–H and O–H groups in total. The van der Waals surface area contributed by atoms with Crippen LogP contribution in [0.5, 0.6) is 0 Å². The largest absolute Gasteiger partial charge is 0.461 e. The molecule has 9 nitrogen and oxygen atoms in total. The summed E-state index contributed by atoms with van der Waals surface area (Å²) in [5.41, 5.74) is 10.2. The molecule has 11 heteroatoms. The van der Waals surface area contributed by atoms with Crippen LogP contribution in [0.25, 0.3) is 0 Å². The van der Waals surface area contributed by atoms with E-state index in [-0.39, 0.29) is 50.1 Å². The lowest BCUT2D eigenvalue weighted by Crippen LogP contribution is -2.47. The number of hydrogen-bond donors (Lipinski definition) is 2. The molecule has 2 rings (SSSR count). The van der Waals surface area contributed by atoms with Crippen molar-refractivity contribution in [2.75, 3.05) is 19.8 Å². The van der Waals surface area contributed by atoms with Crippen molar-refractivity contribution in [3.05, 3.63) is 34.9 Å². The Kier molecular flexibility index (Phi) is 11.5. The normalized spacial score (nSPS) is 16.2. The van der Waals surface area contributed by atoms with E-state index in [0.717, 1.165) is 5.56 Å². The molecular formula is C26H36ClFN4O5. The molecular weight excluding hydrogens is 503 g/mol. The van der Waals surface area contributed by atoms with E-state index in [4.69, 9.17) is 27.8 Å². The molecule has 1 saturated heterocycles. The number of carbonyl (C=O) groups excluding carboxylic acids is 4. The molecule has 1 heterocycles. The van der Waals surface area contributed by atoms with Crippen molar-refractivity contribution >= 4 is 41.0 Å². The number of likely N-dealkylation sites (tertiary alicyclic amines) is 1. The maximum Gasteiger partial charge on any atom is 0.307 e. The van der Waals surface area contributed by atoms with E-state index in [1.54, 1.807) is 38.1 Å². The second-order valence-corrected chi connectivity index (χ2v) is 10.4. The van der Waals surface area contributed by atoms with Gasteiger partial charge < -0.3 is 21.1 Å². The molecule has 0 saturated carbocycles. The summed E-state index contributed by atoms with van der Waals surface area (Å²) < 4.78 is 18.5. The van der Waals surface area contributed by atoms with Gasteiger partial charge in [-0.25, -0.2) is 4.39 Å². The first kappa shape index (κ1) is 30.2. The standard InChI is InChI=1S/C26H36ClFN4O5/c1-26(2,14-23(35)37-16-17-6-3-8-19(27)12-17)24(36)32-11-5-9-20(32)21(33)13-18(22(34)15-28)7-4-10-31-25(29)30/h3,6,8,12,18,20H,4-5,7,9-11,13-16H2,1-2H3,(H4,29,30,31)/t18-,20+/m1/s1. The second kappa shape index (κ2) is 14.1. The number of ether oxygens (including phenoxy) is 1. The van der Waals surface area contributed by atoms with Gasteiger partial charge in [0.2, 0.25) is 5.91 Å². The van der Waals surface area contributed by atoms with Gasteiger partial charge in [-0.2, -0.15) is 0 Å². The van der Waals surface area contributed by atoms with Gasteiger partial charge in [0.25, 0.3) is 0 Å². The quantitative estimate of drug-likeness (QED) is 0.160. The summed E-state index contributed by atoms with van der Waals surface area (Å²) in [5, 5.41) is 0.526. The van der Waals surface area contributed by atoms with Crippen molar-refractivity contribution in [2.24, 2.45) is 27.8 Å². The number of amides is 1. The van der Waals surface area contributed by atoms with Gasteiger partial charge in [0, 0.05) is 30.5 Å². The van der Waals surface area contributed by atoms with Crippen molar-refractivity contribution < 1.29 is 28.3 Å². The van der Waals surface area contributed by atoms with Crippen LogP contribution in [0.1, 0.15) is 57.9 Å². The minimum Gasteiger partial charge on any atom is -0.461 e. The van der Waals surface area contributed by atoms with E-state index in [1.807, 2.05) is 0 Å². The average Bonchev–Trinajstić information content (AvgIpc) is 3.33. The maximum atomic E-state index is 13.4. The lowest BCUT2D eigenvalue weighted by atomic mass is 9.86. The molecule has 0 unspecified atom stereocenters. The third kappa shape index (κ3) is 9.42. The zero-order valence-corrected chi connectivity index (χ0v) is 22.1. The van der Waals surface area contributed by atoms with Crippen LogP contribution in [0.4, 0.5) is 4.39 Å². The molecule has 0 spiro atoms. The molecule has 2 atom stereocenters. The third-order valence-electron chi connectivity index (χ3n) is 6.38. The minimum atomic E-state index is -1.17. The maximum absolute atomic E-state index is 13.4. The number of rotatable bonds is 14. The molecule has 0 aliphatic carbocycles. The highest BCUT2D eigenvalue weighted by atomic mass is 35.5. The topological polar surface area (TPSA) is 145 Å². The number of hydrogen-bond acceptors (Lipinski definition) is 6. The van der Waals surface area contributed by atoms with E-state index in [0.29, 0.717) is 30.8 Å². The van der Waals surface area contributed by atoms with Crippen molar-refractivity contribution in [3.63, 3.8) is 0 Å². The number of benzene rings is 1. The molecule has 1 aliphatic heterocycles. The van der Waals surface area contributed by atoms with E-state index in [9.17, 15) is 23.6 Å². The van der Waals surface area contributed by atoms with E-state index < -0.39 is 35.8 Å². The molecule has 1 aromatic rings. The zero-order valence-electron chi connectivity index (χ0n) is 21.4. The van der Waals surface area contributed by atoms with Gasteiger partial charge in [-0.05, 0) is 43.4 Å². The Morgan fingerprint density at radius 3 is 2.65 bits per heavy atom. The summed E-state index contributed by atoms with van der Waals surface area (Å²) >= 11 is 5.95. The number of esters is 1. The number of alkyl halides is 1. The summed E-state index contributed by atoms with van der Waals surface area (Å²) in [6.07, 6.45) is 1.40. The van der Waals surface area contributed by atoms with Crippen molar-refractivity contribution in [1.82, 2.24) is 4.90 Å². The van der Waals surface area contributed by atoms with Crippen LogP contribution < -0.4 is 11.5 Å². The van der Waals surface area contributed by atoms with Crippen LogP contribution in [0.15, 0.2) is 29.3 Å². The summed E-state index contributed by atoms with van der Waals surface area (Å²) in [5.74, 6) is -2.73. The fraction of sp³-hybridized carbons (Fsp3) is 0.577. The SMILES string of the molecule is CC(C)(CC(=O)OCc1cccc(Cl)c1)C(=O)N1CCC[C@H]1C(=O)C[C@@H](CCCN=C(N)N)C(=O)CF. The average molecular weight is 539 g/mol. The Balaban J connectivity index is 1.98. The monoisotopic (exact) mass is 538 g/mol. The fourth-order valence-electron chi connectivity index (χ4n) is 4.42. The molecule has 37 heavy (non-hydrogen) atoms. The van der Waals surface area contributed by atoms with E-state index in [1.165, 1.54) is 4.90 Å². The summed E-state index contributed by atoms with van der Waals surface area (Å²) in [6, 6.07) is 6.21. The Hall–Kier alpha value is -3.01. The van der Waals surface area contributed by atoms with E-state index >= 15 is 0 Å². The molecule has 1 aromatic carbocycles. The van der Waals surface area contributed by atoms with Gasteiger partial charge in [-0.3, -0.25) is 24.2 Å². The van der Waals surface area contributed by atoms with Crippen LogP contribution in [-0.4, -0.2) is 60.1 Å². The molecule has 1 amide bonds. The molecule has 1 fully saturated rings. The molecule has 0 radical (unpaired) electrons. The summed E-state index contributed by atoms with van der Waals surface area (Å²) in [4.78, 5) is 56.4. The van der Waals surface area contributed by atoms with Crippen LogP contribution in [0.2, 0.25) is 5.02 Å². The van der Waals surface area contributed by atoms with Crippen LogP contribution >= 0.6 is 11.6 Å². The van der Waals surface area contributed by atoms with Gasteiger partial charge >= 0.3 is 5.97 Å². The van der Waals surface area contributed by atoms with Crippen LogP contribution in [0.3, 0.4) is 0 Å². The number of halogens is 2. The number of aliphatic imine (C=N–C) groups is 1. The summed E-state index contributed by atoms with van der Waals surface area (Å²) in [6.45, 7) is 2.76. The van der Waals surface area contributed by atoms with Gasteiger partial charge in [-0.1, -0.05) is 37.6 Å². The first-order valence-corrected chi connectivity index (χ1v) is 12.7. The van der Waals surface area contributed by atoms with Gasteiger partial charge in [0.05, 0.1) is 17.9 Å². The Bertz CT molecular complexity index is 1010. The number of carbonyl (C=O) groups is 4. The second-order valence-electron chi connectivity index (χ2n) is 9.92. The van der Waals surface area contributed by atoms with Gasteiger partial charge in [-0.15, -0.1) is 0 Å². The van der Waals surface area contributed by atoms with Gasteiger partial charge in [0.15, 0.2) is 17.5 Å². The Morgan fingerprint density at radius 2 is 2.00 bits per heavy atom. The highest BCUT2D eigenvalue weighted by Gasteiger charge is 2.42. The fourth-order valence-corrected chi connectivity index (χ4v) is 4.63. The molecule has 204 valence electrons. The molecule has 0 bridgehead atoms. The number of ketones is 2.